The fourth-order valence-electron chi connectivity index (χ4n) is 10.5. The summed E-state index contributed by atoms with van der Waals surface area (Å²) in [4.78, 5) is 120. The van der Waals surface area contributed by atoms with Gasteiger partial charge < -0.3 is 59.9 Å². The van der Waals surface area contributed by atoms with Crippen LogP contribution in [0.4, 0.5) is 5.82 Å². The van der Waals surface area contributed by atoms with Gasteiger partial charge in [-0.25, -0.2) is 9.78 Å². The second kappa shape index (κ2) is 38.7. The first kappa shape index (κ1) is 70.4. The van der Waals surface area contributed by atoms with Crippen molar-refractivity contribution >= 4 is 85.8 Å². The topological polar surface area (TPSA) is 303 Å². The predicted octanol–water partition coefficient (Wildman–Crippen LogP) is 5.97. The van der Waals surface area contributed by atoms with E-state index in [2.05, 4.69) is 57.3 Å². The van der Waals surface area contributed by atoms with Gasteiger partial charge in [-0.05, 0) is 72.7 Å². The molecule has 86 heavy (non-hydrogen) atoms. The molecule has 3 aromatic rings. The van der Waals surface area contributed by atoms with Crippen LogP contribution in [0.5, 0.6) is 0 Å². The number of anilines is 1. The lowest BCUT2D eigenvalue weighted by Gasteiger charge is -2.27. The SMILES string of the molecule is COC(=O)CCCCCCCCCCCCCCCCC(=O)N[C@@H](CCC(=O)NCCOCCOCC(=O)NCCOCCOCC(=O)NC[C@@]12C[C@@H](C(=O)Nc3nc(Br)ccc3C)N(C(=O)Cn3nc(C(C)=O)c4ccccc43)[C@@H]1C2)C(=O)OC. The van der Waals surface area contributed by atoms with E-state index in [-0.39, 0.29) is 145 Å². The van der Waals surface area contributed by atoms with E-state index in [1.54, 1.807) is 35.2 Å². The number of carbonyl (C=O) groups is 9. The number of ether oxygens (including phenoxy) is 6. The summed E-state index contributed by atoms with van der Waals surface area (Å²) in [6.45, 7) is 4.28. The van der Waals surface area contributed by atoms with E-state index in [1.807, 2.05) is 13.0 Å². The maximum atomic E-state index is 14.2. The first-order valence-corrected chi connectivity index (χ1v) is 31.1. The minimum atomic E-state index is -0.924. The Morgan fingerprint density at radius 2 is 1.22 bits per heavy atom. The molecular weight excluding hydrogens is 1180 g/mol. The molecule has 1 saturated carbocycles. The molecule has 0 bridgehead atoms. The highest BCUT2D eigenvalue weighted by Gasteiger charge is 2.67. The maximum absolute atomic E-state index is 14.2. The van der Waals surface area contributed by atoms with Gasteiger partial charge in [0.2, 0.25) is 35.4 Å². The number of rotatable bonds is 45. The fourth-order valence-corrected chi connectivity index (χ4v) is 10.8. The van der Waals surface area contributed by atoms with Crippen LogP contribution in [0.15, 0.2) is 41.0 Å². The molecule has 4 atom stereocenters. The molecule has 1 aliphatic carbocycles. The number of aryl methyl sites for hydroxylation is 1. The van der Waals surface area contributed by atoms with Crippen molar-refractivity contribution < 1.29 is 71.6 Å². The van der Waals surface area contributed by atoms with Gasteiger partial charge in [-0.1, -0.05) is 101 Å². The Balaban J connectivity index is 0.838. The van der Waals surface area contributed by atoms with E-state index in [1.165, 1.54) is 77.2 Å². The summed E-state index contributed by atoms with van der Waals surface area (Å²) in [6.07, 6.45) is 17.4. The van der Waals surface area contributed by atoms with Crippen LogP contribution in [0, 0.1) is 12.3 Å². The predicted molar refractivity (Wildman–Crippen MR) is 323 cm³/mol. The van der Waals surface area contributed by atoms with Crippen LogP contribution in [0.2, 0.25) is 0 Å². The number of nitrogens with zero attached hydrogens (tertiary/aromatic N) is 4. The first-order chi connectivity index (χ1) is 41.5. The van der Waals surface area contributed by atoms with Crippen LogP contribution >= 0.6 is 15.9 Å². The number of fused-ring (bicyclic) bond motifs is 2. The average Bonchev–Trinajstić information content (AvgIpc) is 1.55. The molecule has 0 spiro atoms. The molecule has 5 rings (SSSR count). The van der Waals surface area contributed by atoms with Crippen molar-refractivity contribution in [1.29, 1.82) is 0 Å². The standard InChI is InChI=1S/C61H90BrN9O15/c1-43-25-27-50(62)67-58(43)68-59(79)48-37-61(38-49(61)71(48)55(77)39-70-47-22-20-19-21-45(47)57(69-70)44(2)72)42-65-54(76)41-86-36-34-84-32-30-64-53(75)40-85-35-33-83-31-29-63-51(73)28-26-46(60(80)82-4)66-52(74)23-17-15-13-11-9-7-5-6-8-10-12-14-16-18-24-56(78)81-3/h19-22,25,27,46,48-49H,5-18,23-24,26,28-42H2,1-4H3,(H,63,73)(H,64,75)(H,65,76)(H,66,74)(H,67,68,79)/t46-,48-,49+,61-/m0/s1. The van der Waals surface area contributed by atoms with Crippen molar-refractivity contribution in [2.75, 3.05) is 92.0 Å². The normalized spacial score (nSPS) is 16.2. The third-order valence-electron chi connectivity index (χ3n) is 15.3. The molecule has 3 heterocycles. The van der Waals surface area contributed by atoms with Gasteiger partial charge in [0.25, 0.3) is 0 Å². The number of halogens is 1. The monoisotopic (exact) mass is 1270 g/mol. The van der Waals surface area contributed by atoms with E-state index in [0.717, 1.165) is 44.1 Å². The molecule has 2 aromatic heterocycles. The van der Waals surface area contributed by atoms with Crippen LogP contribution in [-0.2, 0) is 73.3 Å². The number of Topliss-reactive ketones (excluding diaryl/α,β-unsaturated/α-hetero) is 1. The number of aromatic nitrogens is 3. The molecule has 24 nitrogen and oxygen atoms in total. The Kier molecular flexibility index (Phi) is 31.6. The van der Waals surface area contributed by atoms with Gasteiger partial charge >= 0.3 is 11.9 Å². The zero-order valence-corrected chi connectivity index (χ0v) is 52.2. The highest BCUT2D eigenvalue weighted by molar-refractivity contribution is 9.10. The number of unbranched alkanes of at least 4 members (excludes halogenated alkanes) is 13. The van der Waals surface area contributed by atoms with Gasteiger partial charge in [-0.2, -0.15) is 5.10 Å². The summed E-state index contributed by atoms with van der Waals surface area (Å²) in [5.41, 5.74) is 1.08. The number of piperidine rings is 1. The number of hydrogen-bond acceptors (Lipinski definition) is 17. The summed E-state index contributed by atoms with van der Waals surface area (Å²) in [7, 11) is 2.67. The lowest BCUT2D eigenvalue weighted by molar-refractivity contribution is -0.145. The summed E-state index contributed by atoms with van der Waals surface area (Å²) < 4.78 is 33.5. The van der Waals surface area contributed by atoms with Crippen LogP contribution in [0.3, 0.4) is 0 Å². The number of pyridine rings is 1. The highest BCUT2D eigenvalue weighted by atomic mass is 79.9. The number of hydrogen-bond donors (Lipinski definition) is 5. The summed E-state index contributed by atoms with van der Waals surface area (Å²) >= 11 is 3.35. The second-order valence-corrected chi connectivity index (χ2v) is 22.8. The number of ketones is 1. The molecule has 0 unspecified atom stereocenters. The first-order valence-electron chi connectivity index (χ1n) is 30.3. The number of methoxy groups -OCH3 is 2. The summed E-state index contributed by atoms with van der Waals surface area (Å²) in [6, 6.07) is 8.64. The lowest BCUT2D eigenvalue weighted by Crippen LogP contribution is -2.47. The minimum absolute atomic E-state index is 0.00286. The molecule has 2 fully saturated rings. The molecule has 1 aliphatic heterocycles. The van der Waals surface area contributed by atoms with Gasteiger partial charge in [0.15, 0.2) is 5.78 Å². The highest BCUT2D eigenvalue weighted by Crippen LogP contribution is 2.59. The van der Waals surface area contributed by atoms with Gasteiger partial charge in [-0.3, -0.25) is 43.0 Å². The van der Waals surface area contributed by atoms with Crippen molar-refractivity contribution in [2.24, 2.45) is 5.41 Å². The Morgan fingerprint density at radius 3 is 1.83 bits per heavy atom. The largest absolute Gasteiger partial charge is 0.469 e. The Labute approximate surface area is 512 Å². The zero-order valence-electron chi connectivity index (χ0n) is 50.6. The van der Waals surface area contributed by atoms with E-state index in [4.69, 9.17) is 23.7 Å². The molecule has 5 N–H and O–H groups in total. The third-order valence-corrected chi connectivity index (χ3v) is 15.8. The molecule has 1 aromatic carbocycles. The molecule has 6 amide bonds. The Morgan fingerprint density at radius 1 is 0.651 bits per heavy atom. The van der Waals surface area contributed by atoms with Crippen molar-refractivity contribution in [2.45, 2.75) is 167 Å². The quantitative estimate of drug-likeness (QED) is 0.0188. The van der Waals surface area contributed by atoms with Gasteiger partial charge in [-0.15, -0.1) is 0 Å². The van der Waals surface area contributed by atoms with Crippen molar-refractivity contribution in [3.63, 3.8) is 0 Å². The lowest BCUT2D eigenvalue weighted by atomic mass is 9.99. The van der Waals surface area contributed by atoms with E-state index < -0.39 is 29.4 Å². The van der Waals surface area contributed by atoms with E-state index >= 15 is 0 Å². The number of nitrogens with one attached hydrogen (secondary N) is 5. The van der Waals surface area contributed by atoms with Gasteiger partial charge in [0, 0.05) is 62.7 Å². The molecule has 1 saturated heterocycles. The van der Waals surface area contributed by atoms with Crippen molar-refractivity contribution in [3.05, 3.63) is 52.3 Å². The zero-order chi connectivity index (χ0) is 62.1. The molecule has 2 aliphatic rings. The summed E-state index contributed by atoms with van der Waals surface area (Å²) in [5.74, 6) is -2.63. The average molecular weight is 1270 g/mol. The van der Waals surface area contributed by atoms with Gasteiger partial charge in [0.1, 0.15) is 48.0 Å². The minimum Gasteiger partial charge on any atom is -0.469 e. The number of benzene rings is 1. The summed E-state index contributed by atoms with van der Waals surface area (Å²) in [5, 5.41) is 19.0. The second-order valence-electron chi connectivity index (χ2n) is 22.0. The van der Waals surface area contributed by atoms with Crippen LogP contribution in [-0.4, -0.2) is 178 Å². The smallest absolute Gasteiger partial charge is 0.328 e. The third kappa shape index (κ3) is 24.8. The number of likely N-dealkylation sites (tertiary alicyclic amines) is 1. The van der Waals surface area contributed by atoms with Crippen LogP contribution in [0.1, 0.15) is 151 Å². The molecule has 476 valence electrons. The fraction of sp³-hybridized carbons (Fsp3) is 0.656. The number of amides is 6. The molecule has 0 radical (unpaired) electrons. The molecule has 25 heteroatoms. The Bertz CT molecular complexity index is 2690. The maximum Gasteiger partial charge on any atom is 0.328 e. The van der Waals surface area contributed by atoms with Crippen molar-refractivity contribution in [1.82, 2.24) is 40.9 Å². The van der Waals surface area contributed by atoms with Crippen molar-refractivity contribution in [3.8, 4) is 0 Å². The number of carbonyl (C=O) groups excluding carboxylic acids is 9. The van der Waals surface area contributed by atoms with Crippen LogP contribution < -0.4 is 26.6 Å². The van der Waals surface area contributed by atoms with Gasteiger partial charge in [0.05, 0.1) is 59.4 Å². The number of esters is 2. The van der Waals surface area contributed by atoms with Crippen LogP contribution in [0.25, 0.3) is 10.9 Å². The Hall–Kier alpha value is -6.41. The molecular formula is C61H90BrN9O15. The van der Waals surface area contributed by atoms with E-state index in [9.17, 15) is 43.2 Å². The number of para-hydroxylation sites is 1. The van der Waals surface area contributed by atoms with E-state index in [0.29, 0.717) is 47.0 Å².